The molecule has 0 aliphatic carbocycles. The number of hydrogen-bond donors (Lipinski definition) is 1. The highest BCUT2D eigenvalue weighted by Gasteiger charge is 2.39. The highest BCUT2D eigenvalue weighted by atomic mass is 32.2. The van der Waals surface area contributed by atoms with Gasteiger partial charge in [0.25, 0.3) is 0 Å². The number of aryl methyl sites for hydroxylation is 1. The van der Waals surface area contributed by atoms with Crippen LogP contribution in [-0.2, 0) is 11.2 Å². The third-order valence-corrected chi connectivity index (χ3v) is 6.20. The Morgan fingerprint density at radius 3 is 2.71 bits per heavy atom. The van der Waals surface area contributed by atoms with Crippen LogP contribution in [0.4, 0.5) is 0 Å². The second kappa shape index (κ2) is 8.87. The molecule has 0 saturated carbocycles. The van der Waals surface area contributed by atoms with Gasteiger partial charge in [-0.05, 0) is 36.1 Å². The van der Waals surface area contributed by atoms with E-state index in [-0.39, 0.29) is 5.78 Å². The van der Waals surface area contributed by atoms with Crippen LogP contribution in [0.1, 0.15) is 42.3 Å². The molecule has 2 aromatic rings. The predicted molar refractivity (Wildman–Crippen MR) is 114 cm³/mol. The maximum Gasteiger partial charge on any atom is 0.186 e. The molecule has 1 saturated heterocycles. The van der Waals surface area contributed by atoms with Crippen molar-refractivity contribution in [2.24, 2.45) is 5.92 Å². The Morgan fingerprint density at radius 1 is 1.29 bits per heavy atom. The Morgan fingerprint density at radius 2 is 2.07 bits per heavy atom. The van der Waals surface area contributed by atoms with Crippen LogP contribution >= 0.6 is 23.1 Å². The molecular formula is C20H23N3O3S2. The number of ketones is 1. The molecule has 8 heteroatoms. The fourth-order valence-electron chi connectivity index (χ4n) is 2.64. The Kier molecular flexibility index (Phi) is 6.51. The first kappa shape index (κ1) is 20.5. The van der Waals surface area contributed by atoms with Gasteiger partial charge in [-0.3, -0.25) is 10.2 Å². The molecule has 1 atom stereocenters. The van der Waals surface area contributed by atoms with Crippen LogP contribution < -0.4 is 9.47 Å². The lowest BCUT2D eigenvalue weighted by molar-refractivity contribution is -0.114. The zero-order chi connectivity index (χ0) is 20.3. The molecule has 1 aromatic heterocycles. The number of Topliss-reactive ketones (excluding diaryl/α,β-unsaturated/α-hetero) is 1. The first-order valence-corrected chi connectivity index (χ1v) is 10.7. The summed E-state index contributed by atoms with van der Waals surface area (Å²) in [6.45, 7) is 6.77. The van der Waals surface area contributed by atoms with Crippen LogP contribution in [0.2, 0.25) is 0 Å². The molecule has 2 heterocycles. The van der Waals surface area contributed by atoms with E-state index in [1.54, 1.807) is 13.2 Å². The molecule has 148 valence electrons. The minimum atomic E-state index is -0.635. The van der Waals surface area contributed by atoms with E-state index in [4.69, 9.17) is 14.9 Å². The summed E-state index contributed by atoms with van der Waals surface area (Å²) < 4.78 is 11.2. The molecule has 3 rings (SSSR count). The average Bonchev–Trinajstić information content (AvgIpc) is 3.24. The Bertz CT molecular complexity index is 921. The zero-order valence-corrected chi connectivity index (χ0v) is 17.9. The summed E-state index contributed by atoms with van der Waals surface area (Å²) >= 11 is 2.58. The number of benzene rings is 1. The van der Waals surface area contributed by atoms with Gasteiger partial charge in [-0.25, -0.2) is 0 Å². The number of nitrogens with one attached hydrogen (secondary N) is 1. The molecule has 0 radical (unpaired) electrons. The van der Waals surface area contributed by atoms with Gasteiger partial charge in [0, 0.05) is 0 Å². The van der Waals surface area contributed by atoms with Crippen LogP contribution in [0.25, 0.3) is 6.08 Å². The van der Waals surface area contributed by atoms with Crippen LogP contribution in [0.15, 0.2) is 23.1 Å². The summed E-state index contributed by atoms with van der Waals surface area (Å²) in [5.41, 5.74) is 0.824. The normalized spacial score (nSPS) is 18.3. The van der Waals surface area contributed by atoms with E-state index in [1.807, 2.05) is 25.1 Å². The molecule has 6 nitrogen and oxygen atoms in total. The second-order valence-corrected chi connectivity index (χ2v) is 8.95. The average molecular weight is 418 g/mol. The van der Waals surface area contributed by atoms with Gasteiger partial charge < -0.3 is 9.47 Å². The van der Waals surface area contributed by atoms with Crippen LogP contribution in [0.3, 0.4) is 0 Å². The molecule has 0 bridgehead atoms. The fourth-order valence-corrected chi connectivity index (χ4v) is 4.59. The Labute approximate surface area is 172 Å². The molecular weight excluding hydrogens is 394 g/mol. The van der Waals surface area contributed by atoms with Gasteiger partial charge in [-0.1, -0.05) is 38.6 Å². The molecule has 0 spiro atoms. The summed E-state index contributed by atoms with van der Waals surface area (Å²) in [6, 6.07) is 5.57. The fraction of sp³-hybridized carbons (Fsp3) is 0.400. The summed E-state index contributed by atoms with van der Waals surface area (Å²) in [5.74, 6) is 0.970. The molecule has 1 aliphatic rings. The molecule has 1 fully saturated rings. The minimum absolute atomic E-state index is 0.104. The molecule has 28 heavy (non-hydrogen) atoms. The molecule has 1 aliphatic heterocycles. The topological polar surface area (TPSA) is 85.2 Å². The number of hydrogen-bond acceptors (Lipinski definition) is 8. The highest BCUT2D eigenvalue weighted by Crippen LogP contribution is 2.42. The van der Waals surface area contributed by atoms with Gasteiger partial charge >= 0.3 is 0 Å². The highest BCUT2D eigenvalue weighted by molar-refractivity contribution is 8.19. The van der Waals surface area contributed by atoms with Crippen LogP contribution in [0, 0.1) is 11.3 Å². The Balaban J connectivity index is 1.83. The predicted octanol–water partition coefficient (Wildman–Crippen LogP) is 4.56. The number of methoxy groups -OCH3 is 1. The summed E-state index contributed by atoms with van der Waals surface area (Å²) in [7, 11) is 1.59. The smallest absolute Gasteiger partial charge is 0.186 e. The van der Waals surface area contributed by atoms with Crippen molar-refractivity contribution in [3.63, 3.8) is 0 Å². The standard InChI is InChI=1S/C20H23N3O3S2/c1-5-16-22-23-20(28-16)17-18(24)15(27-19(17)21)9-12-6-7-13(14(8-12)25-4)26-10-11(2)3/h6-9,11,17,21H,5,10H2,1-4H3. The first-order valence-electron chi connectivity index (χ1n) is 9.08. The lowest BCUT2D eigenvalue weighted by Crippen LogP contribution is -2.11. The van der Waals surface area contributed by atoms with Gasteiger partial charge in [0.1, 0.15) is 15.9 Å². The van der Waals surface area contributed by atoms with Crippen molar-refractivity contribution in [1.29, 1.82) is 5.41 Å². The van der Waals surface area contributed by atoms with E-state index in [0.717, 1.165) is 17.0 Å². The van der Waals surface area contributed by atoms with Crippen molar-refractivity contribution in [2.45, 2.75) is 33.1 Å². The van der Waals surface area contributed by atoms with Crippen LogP contribution in [-0.4, -0.2) is 34.7 Å². The van der Waals surface area contributed by atoms with E-state index in [9.17, 15) is 4.79 Å². The van der Waals surface area contributed by atoms with Gasteiger partial charge in [-0.2, -0.15) is 0 Å². The van der Waals surface area contributed by atoms with Crippen molar-refractivity contribution in [3.8, 4) is 11.5 Å². The third-order valence-electron chi connectivity index (χ3n) is 4.08. The van der Waals surface area contributed by atoms with Gasteiger partial charge in [-0.15, -0.1) is 21.5 Å². The number of nitrogens with zero attached hydrogens (tertiary/aromatic N) is 2. The van der Waals surface area contributed by atoms with Crippen molar-refractivity contribution in [3.05, 3.63) is 38.7 Å². The number of carbonyl (C=O) groups is 1. The first-order chi connectivity index (χ1) is 13.4. The molecule has 0 amide bonds. The van der Waals surface area contributed by atoms with E-state index >= 15 is 0 Å². The number of aromatic nitrogens is 2. The number of rotatable bonds is 7. The number of carbonyl (C=O) groups excluding carboxylic acids is 1. The number of ether oxygens (including phenoxy) is 2. The number of thioether (sulfide) groups is 1. The van der Waals surface area contributed by atoms with Gasteiger partial charge in [0.2, 0.25) is 0 Å². The summed E-state index contributed by atoms with van der Waals surface area (Å²) in [4.78, 5) is 13.4. The summed E-state index contributed by atoms with van der Waals surface area (Å²) in [6.07, 6.45) is 2.56. The van der Waals surface area contributed by atoms with Crippen molar-refractivity contribution >= 4 is 40.0 Å². The summed E-state index contributed by atoms with van der Waals surface area (Å²) in [5, 5.41) is 18.2. The largest absolute Gasteiger partial charge is 0.493 e. The maximum atomic E-state index is 12.9. The third kappa shape index (κ3) is 4.44. The lowest BCUT2D eigenvalue weighted by Gasteiger charge is -2.13. The monoisotopic (exact) mass is 417 g/mol. The zero-order valence-electron chi connectivity index (χ0n) is 16.3. The van der Waals surface area contributed by atoms with Gasteiger partial charge in [0.05, 0.1) is 23.7 Å². The SMILES string of the molecule is CCc1nnc(C2C(=N)SC(=Cc3ccc(OCC(C)C)c(OC)c3)C2=O)s1. The second-order valence-electron chi connectivity index (χ2n) is 6.77. The quantitative estimate of drug-likeness (QED) is 0.665. The van der Waals surface area contributed by atoms with E-state index < -0.39 is 5.92 Å². The minimum Gasteiger partial charge on any atom is -0.493 e. The molecule has 1 unspecified atom stereocenters. The van der Waals surface area contributed by atoms with E-state index in [0.29, 0.717) is 39.0 Å². The Hall–Kier alpha value is -2.19. The lowest BCUT2D eigenvalue weighted by atomic mass is 10.1. The van der Waals surface area contributed by atoms with Crippen molar-refractivity contribution < 1.29 is 14.3 Å². The van der Waals surface area contributed by atoms with Crippen molar-refractivity contribution in [1.82, 2.24) is 10.2 Å². The van der Waals surface area contributed by atoms with Crippen molar-refractivity contribution in [2.75, 3.05) is 13.7 Å². The van der Waals surface area contributed by atoms with Gasteiger partial charge in [0.15, 0.2) is 17.3 Å². The molecule has 1 aromatic carbocycles. The van der Waals surface area contributed by atoms with E-state index in [1.165, 1.54) is 23.1 Å². The molecule has 1 N–H and O–H groups in total. The van der Waals surface area contributed by atoms with Crippen LogP contribution in [0.5, 0.6) is 11.5 Å². The number of allylic oxidation sites excluding steroid dienone is 1. The van der Waals surface area contributed by atoms with E-state index in [2.05, 4.69) is 24.0 Å². The maximum absolute atomic E-state index is 12.9.